The maximum absolute atomic E-state index is 13.7. The molecule has 0 unspecified atom stereocenters. The Kier molecular flexibility index (Phi) is 5.73. The fourth-order valence-corrected chi connectivity index (χ4v) is 5.58. The molecule has 6 rings (SSSR count). The van der Waals surface area contributed by atoms with Gasteiger partial charge in [0, 0.05) is 57.6 Å². The first-order chi connectivity index (χ1) is 18.3. The molecule has 4 aromatic carbocycles. The predicted molar refractivity (Wildman–Crippen MR) is 153 cm³/mol. The van der Waals surface area contributed by atoms with Gasteiger partial charge in [0.1, 0.15) is 11.4 Å². The summed E-state index contributed by atoms with van der Waals surface area (Å²) in [6.45, 7) is 2.42. The Hall–Kier alpha value is -4.49. The van der Waals surface area contributed by atoms with Crippen molar-refractivity contribution in [3.8, 4) is 5.75 Å². The van der Waals surface area contributed by atoms with E-state index in [1.807, 2.05) is 37.3 Å². The third-order valence-corrected chi connectivity index (χ3v) is 7.56. The second-order valence-electron chi connectivity index (χ2n) is 9.65. The Morgan fingerprint density at radius 2 is 1.89 bits per heavy atom. The molecule has 8 heteroatoms. The molecule has 0 aliphatic carbocycles. The number of carbonyl (C=O) groups is 2. The summed E-state index contributed by atoms with van der Waals surface area (Å²) in [6.07, 6.45) is 0. The number of H-pyrrole nitrogens is 1. The monoisotopic (exact) mass is 524 g/mol. The highest BCUT2D eigenvalue weighted by Crippen LogP contribution is 2.46. The molecule has 1 aromatic heterocycles. The van der Waals surface area contributed by atoms with E-state index >= 15 is 0 Å². The molecule has 1 atom stereocenters. The average Bonchev–Trinajstić information content (AvgIpc) is 3.50. The molecule has 2 heterocycles. The van der Waals surface area contributed by atoms with E-state index in [9.17, 15) is 14.7 Å². The maximum atomic E-state index is 13.7. The first kappa shape index (κ1) is 23.9. The van der Waals surface area contributed by atoms with Gasteiger partial charge in [-0.05, 0) is 72.0 Å². The van der Waals surface area contributed by atoms with E-state index in [1.165, 1.54) is 0 Å². The highest BCUT2D eigenvalue weighted by molar-refractivity contribution is 6.19. The van der Waals surface area contributed by atoms with Gasteiger partial charge in [-0.3, -0.25) is 9.59 Å². The number of benzene rings is 4. The molecule has 1 aliphatic heterocycles. The summed E-state index contributed by atoms with van der Waals surface area (Å²) < 4.78 is 0. The summed E-state index contributed by atoms with van der Waals surface area (Å²) >= 11 is 6.37. The van der Waals surface area contributed by atoms with Crippen LogP contribution in [0.25, 0.3) is 21.7 Å². The van der Waals surface area contributed by atoms with Gasteiger partial charge < -0.3 is 26.0 Å². The summed E-state index contributed by atoms with van der Waals surface area (Å²) in [5.41, 5.74) is 11.3. The topological polar surface area (TPSA) is 111 Å². The smallest absolute Gasteiger partial charge is 0.274 e. The SMILES string of the molecule is Cc1cccc2c(O)cc3c(c12)[C@H](CCl)CN3C(=O)c1cc2cc(NC(=O)c3ccc(N)cc3)ccc2[nH]1. The van der Waals surface area contributed by atoms with Crippen LogP contribution < -0.4 is 16.0 Å². The van der Waals surface area contributed by atoms with Crippen LogP contribution in [0.1, 0.15) is 37.9 Å². The number of aromatic amines is 1. The Morgan fingerprint density at radius 1 is 1.11 bits per heavy atom. The van der Waals surface area contributed by atoms with Crippen molar-refractivity contribution in [3.63, 3.8) is 0 Å². The number of aromatic nitrogens is 1. The number of aromatic hydroxyl groups is 1. The van der Waals surface area contributed by atoms with Crippen LogP contribution in [0.5, 0.6) is 5.75 Å². The molecule has 7 nitrogen and oxygen atoms in total. The largest absolute Gasteiger partial charge is 0.507 e. The molecule has 0 bridgehead atoms. The van der Waals surface area contributed by atoms with Gasteiger partial charge in [0.25, 0.3) is 11.8 Å². The van der Waals surface area contributed by atoms with Gasteiger partial charge in [-0.15, -0.1) is 11.6 Å². The van der Waals surface area contributed by atoms with Gasteiger partial charge in [-0.1, -0.05) is 18.2 Å². The predicted octanol–water partition coefficient (Wildman–Crippen LogP) is 6.15. The fourth-order valence-electron chi connectivity index (χ4n) is 5.33. The Labute approximate surface area is 223 Å². The number of alkyl halides is 1. The van der Waals surface area contributed by atoms with Crippen molar-refractivity contribution in [1.82, 2.24) is 4.98 Å². The lowest BCUT2D eigenvalue weighted by Gasteiger charge is -2.18. The molecule has 5 N–H and O–H groups in total. The van der Waals surface area contributed by atoms with E-state index in [0.29, 0.717) is 40.7 Å². The number of nitrogen functional groups attached to an aromatic ring is 1. The normalized spacial score (nSPS) is 14.7. The van der Waals surface area contributed by atoms with Crippen LogP contribution in [0.15, 0.2) is 72.8 Å². The number of nitrogens with zero attached hydrogens (tertiary/aromatic N) is 1. The number of amides is 2. The van der Waals surface area contributed by atoms with Crippen LogP contribution in [0.2, 0.25) is 0 Å². The molecular formula is C30H25ClN4O3. The van der Waals surface area contributed by atoms with Crippen LogP contribution in [-0.2, 0) is 0 Å². The lowest BCUT2D eigenvalue weighted by atomic mass is 9.92. The molecule has 0 saturated carbocycles. The number of phenols is 1. The van der Waals surface area contributed by atoms with Crippen molar-refractivity contribution in [1.29, 1.82) is 0 Å². The Bertz CT molecular complexity index is 1740. The molecule has 38 heavy (non-hydrogen) atoms. The zero-order chi connectivity index (χ0) is 26.6. The first-order valence-corrected chi connectivity index (χ1v) is 12.8. The number of nitrogens with two attached hydrogens (primary N) is 1. The molecule has 0 saturated heterocycles. The zero-order valence-electron chi connectivity index (χ0n) is 20.6. The first-order valence-electron chi connectivity index (χ1n) is 12.3. The van der Waals surface area contributed by atoms with Crippen LogP contribution >= 0.6 is 11.6 Å². The van der Waals surface area contributed by atoms with Crippen molar-refractivity contribution in [2.24, 2.45) is 0 Å². The number of halogens is 1. The Balaban J connectivity index is 1.33. The minimum atomic E-state index is -0.251. The maximum Gasteiger partial charge on any atom is 0.274 e. The summed E-state index contributed by atoms with van der Waals surface area (Å²) in [5, 5.41) is 16.2. The van der Waals surface area contributed by atoms with Gasteiger partial charge in [0.2, 0.25) is 0 Å². The number of aryl methyl sites for hydroxylation is 1. The summed E-state index contributed by atoms with van der Waals surface area (Å²) in [4.78, 5) is 31.2. The summed E-state index contributed by atoms with van der Waals surface area (Å²) in [6, 6.07) is 21.3. The third-order valence-electron chi connectivity index (χ3n) is 7.18. The van der Waals surface area contributed by atoms with Crippen molar-refractivity contribution in [2.75, 3.05) is 28.4 Å². The lowest BCUT2D eigenvalue weighted by molar-refractivity contribution is 0.0983. The van der Waals surface area contributed by atoms with Crippen LogP contribution in [0.3, 0.4) is 0 Å². The van der Waals surface area contributed by atoms with Crippen LogP contribution in [0.4, 0.5) is 17.1 Å². The minimum Gasteiger partial charge on any atom is -0.507 e. The lowest BCUT2D eigenvalue weighted by Crippen LogP contribution is -2.30. The van der Waals surface area contributed by atoms with E-state index in [1.54, 1.807) is 47.4 Å². The molecule has 5 aromatic rings. The molecule has 2 amide bonds. The summed E-state index contributed by atoms with van der Waals surface area (Å²) in [7, 11) is 0. The standard InChI is InChI=1S/C30H25ClN4O3/c1-16-3-2-4-22-26(36)13-25-28(27(16)22)19(14-31)15-35(25)30(38)24-12-18-11-21(9-10-23(18)34-24)33-29(37)17-5-7-20(32)8-6-17/h2-13,19,34,36H,14-15,32H2,1H3,(H,33,37)/t19-/m1/s1. The highest BCUT2D eigenvalue weighted by atomic mass is 35.5. The van der Waals surface area contributed by atoms with Gasteiger partial charge >= 0.3 is 0 Å². The second-order valence-corrected chi connectivity index (χ2v) is 9.96. The molecule has 0 spiro atoms. The van der Waals surface area contributed by atoms with Crippen molar-refractivity contribution < 1.29 is 14.7 Å². The molecule has 190 valence electrons. The number of fused-ring (bicyclic) bond motifs is 4. The van der Waals surface area contributed by atoms with Gasteiger partial charge in [0.15, 0.2) is 0 Å². The second kappa shape index (κ2) is 9.11. The number of rotatable bonds is 4. The number of nitrogens with one attached hydrogen (secondary N) is 2. The summed E-state index contributed by atoms with van der Waals surface area (Å²) in [5.74, 6) is -0.0310. The number of carbonyl (C=O) groups excluding carboxylic acids is 2. The van der Waals surface area contributed by atoms with E-state index in [-0.39, 0.29) is 23.5 Å². The van der Waals surface area contributed by atoms with Gasteiger partial charge in [-0.25, -0.2) is 0 Å². The van der Waals surface area contributed by atoms with E-state index in [4.69, 9.17) is 17.3 Å². The number of phenolic OH excluding ortho intramolecular Hbond substituents is 1. The van der Waals surface area contributed by atoms with Crippen molar-refractivity contribution in [3.05, 3.63) is 95.2 Å². The highest BCUT2D eigenvalue weighted by Gasteiger charge is 2.35. The molecule has 0 fully saturated rings. The van der Waals surface area contributed by atoms with Crippen molar-refractivity contribution in [2.45, 2.75) is 12.8 Å². The van der Waals surface area contributed by atoms with Crippen molar-refractivity contribution >= 4 is 62.2 Å². The molecular weight excluding hydrogens is 500 g/mol. The van der Waals surface area contributed by atoms with E-state index < -0.39 is 0 Å². The van der Waals surface area contributed by atoms with E-state index in [0.717, 1.165) is 32.8 Å². The van der Waals surface area contributed by atoms with Crippen LogP contribution in [-0.4, -0.2) is 34.3 Å². The number of hydrogen-bond acceptors (Lipinski definition) is 4. The van der Waals surface area contributed by atoms with Gasteiger partial charge in [-0.2, -0.15) is 0 Å². The van der Waals surface area contributed by atoms with Gasteiger partial charge in [0.05, 0.1) is 5.69 Å². The molecule has 0 radical (unpaired) electrons. The minimum absolute atomic E-state index is 0.0562. The quantitative estimate of drug-likeness (QED) is 0.167. The van der Waals surface area contributed by atoms with E-state index in [2.05, 4.69) is 10.3 Å². The molecule has 1 aliphatic rings. The third kappa shape index (κ3) is 3.92. The number of hydrogen-bond donors (Lipinski definition) is 4. The Morgan fingerprint density at radius 3 is 2.66 bits per heavy atom. The van der Waals surface area contributed by atoms with Crippen LogP contribution in [0, 0.1) is 6.92 Å². The fraction of sp³-hybridized carbons (Fsp3) is 0.133. The zero-order valence-corrected chi connectivity index (χ0v) is 21.3. The average molecular weight is 525 g/mol. The number of anilines is 3.